The van der Waals surface area contributed by atoms with Gasteiger partial charge in [-0.2, -0.15) is 0 Å². The summed E-state index contributed by atoms with van der Waals surface area (Å²) in [6.45, 7) is 0. The van der Waals surface area contributed by atoms with Gasteiger partial charge in [0.2, 0.25) is 0 Å². The number of phenolic OH excluding ortho intramolecular Hbond substituents is 1. The van der Waals surface area contributed by atoms with Crippen LogP contribution < -0.4 is 0 Å². The Morgan fingerprint density at radius 1 is 1.11 bits per heavy atom. The highest BCUT2D eigenvalue weighted by Gasteiger charge is 2.12. The van der Waals surface area contributed by atoms with Crippen LogP contribution in [0, 0.1) is 11.6 Å². The molecule has 5 heteroatoms. The van der Waals surface area contributed by atoms with Crippen LogP contribution in [0.25, 0.3) is 22.2 Å². The summed E-state index contributed by atoms with van der Waals surface area (Å²) in [7, 11) is 0. The number of imidazole rings is 1. The van der Waals surface area contributed by atoms with Crippen molar-refractivity contribution >= 4 is 11.0 Å². The maximum atomic E-state index is 13.3. The van der Waals surface area contributed by atoms with Crippen LogP contribution in [0.5, 0.6) is 5.75 Å². The van der Waals surface area contributed by atoms with E-state index < -0.39 is 17.4 Å². The number of nitrogens with one attached hydrogen (secondary N) is 1. The van der Waals surface area contributed by atoms with Crippen LogP contribution in [0.1, 0.15) is 0 Å². The first-order chi connectivity index (χ1) is 8.65. The van der Waals surface area contributed by atoms with E-state index in [-0.39, 0.29) is 5.56 Å². The molecule has 0 aliphatic rings. The number of H-pyrrole nitrogens is 1. The number of aromatic nitrogens is 2. The third-order valence-corrected chi connectivity index (χ3v) is 2.76. The zero-order valence-electron chi connectivity index (χ0n) is 9.11. The van der Waals surface area contributed by atoms with E-state index in [1.54, 1.807) is 18.2 Å². The van der Waals surface area contributed by atoms with Crippen LogP contribution in [0.3, 0.4) is 0 Å². The second-order valence-corrected chi connectivity index (χ2v) is 3.92. The summed E-state index contributed by atoms with van der Waals surface area (Å²) in [6, 6.07) is 6.78. The van der Waals surface area contributed by atoms with Crippen molar-refractivity contribution in [2.75, 3.05) is 0 Å². The number of aromatic amines is 1. The second kappa shape index (κ2) is 3.80. The normalized spacial score (nSPS) is 11.0. The van der Waals surface area contributed by atoms with Gasteiger partial charge >= 0.3 is 0 Å². The minimum absolute atomic E-state index is 0.109. The van der Waals surface area contributed by atoms with Crippen molar-refractivity contribution in [2.45, 2.75) is 0 Å². The molecule has 0 unspecified atom stereocenters. The molecular weight excluding hydrogens is 238 g/mol. The van der Waals surface area contributed by atoms with Crippen LogP contribution in [0.15, 0.2) is 36.7 Å². The van der Waals surface area contributed by atoms with E-state index in [0.29, 0.717) is 17.1 Å². The summed E-state index contributed by atoms with van der Waals surface area (Å²) in [5.41, 5.74) is 2.09. The first-order valence-electron chi connectivity index (χ1n) is 5.26. The number of aromatic hydroxyl groups is 1. The van der Waals surface area contributed by atoms with Crippen LogP contribution >= 0.6 is 0 Å². The minimum atomic E-state index is -0.980. The number of rotatable bonds is 1. The number of benzene rings is 2. The van der Waals surface area contributed by atoms with Gasteiger partial charge in [-0.25, -0.2) is 13.8 Å². The molecule has 3 aromatic rings. The Kier molecular flexibility index (Phi) is 2.26. The molecule has 18 heavy (non-hydrogen) atoms. The molecule has 2 N–H and O–H groups in total. The number of hydrogen-bond donors (Lipinski definition) is 2. The van der Waals surface area contributed by atoms with E-state index in [4.69, 9.17) is 0 Å². The van der Waals surface area contributed by atoms with Crippen molar-refractivity contribution in [1.82, 2.24) is 9.97 Å². The van der Waals surface area contributed by atoms with Gasteiger partial charge in [-0.15, -0.1) is 0 Å². The number of halogens is 2. The van der Waals surface area contributed by atoms with Crippen molar-refractivity contribution in [3.8, 4) is 16.9 Å². The van der Waals surface area contributed by atoms with Gasteiger partial charge in [0.05, 0.1) is 17.4 Å². The lowest BCUT2D eigenvalue weighted by Crippen LogP contribution is -1.87. The van der Waals surface area contributed by atoms with Crippen molar-refractivity contribution < 1.29 is 13.9 Å². The van der Waals surface area contributed by atoms with E-state index in [9.17, 15) is 13.9 Å². The topological polar surface area (TPSA) is 48.9 Å². The molecule has 0 radical (unpaired) electrons. The standard InChI is InChI=1S/C13H8F2N2O/c14-8-4-9(13(18)10(15)5-8)7-1-2-11-12(3-7)17-6-16-11/h1-6,18H,(H,16,17). The Morgan fingerprint density at radius 3 is 2.78 bits per heavy atom. The quantitative estimate of drug-likeness (QED) is 0.692. The summed E-state index contributed by atoms with van der Waals surface area (Å²) in [6.07, 6.45) is 1.53. The average Bonchev–Trinajstić information content (AvgIpc) is 2.80. The smallest absolute Gasteiger partial charge is 0.168 e. The molecule has 2 aromatic carbocycles. The SMILES string of the molecule is Oc1c(F)cc(F)cc1-c1ccc2[nH]cnc2c1. The lowest BCUT2D eigenvalue weighted by atomic mass is 10.0. The Balaban J connectivity index is 2.25. The van der Waals surface area contributed by atoms with E-state index in [2.05, 4.69) is 9.97 Å². The molecule has 1 aromatic heterocycles. The molecule has 3 rings (SSSR count). The average molecular weight is 246 g/mol. The maximum Gasteiger partial charge on any atom is 0.168 e. The van der Waals surface area contributed by atoms with Crippen molar-refractivity contribution in [3.63, 3.8) is 0 Å². The van der Waals surface area contributed by atoms with Gasteiger partial charge in [0.25, 0.3) is 0 Å². The fourth-order valence-electron chi connectivity index (χ4n) is 1.89. The summed E-state index contributed by atoms with van der Waals surface area (Å²) < 4.78 is 26.4. The Morgan fingerprint density at radius 2 is 1.94 bits per heavy atom. The molecule has 0 saturated heterocycles. The van der Waals surface area contributed by atoms with Crippen molar-refractivity contribution in [1.29, 1.82) is 0 Å². The summed E-state index contributed by atoms with van der Waals surface area (Å²) in [5, 5.41) is 9.63. The molecule has 1 heterocycles. The first-order valence-corrected chi connectivity index (χ1v) is 5.26. The predicted octanol–water partition coefficient (Wildman–Crippen LogP) is 3.21. The van der Waals surface area contributed by atoms with Crippen LogP contribution in [-0.2, 0) is 0 Å². The number of nitrogens with zero attached hydrogens (tertiary/aromatic N) is 1. The monoisotopic (exact) mass is 246 g/mol. The van der Waals surface area contributed by atoms with Crippen LogP contribution in [0.2, 0.25) is 0 Å². The van der Waals surface area contributed by atoms with Gasteiger partial charge in [0.1, 0.15) is 5.82 Å². The van der Waals surface area contributed by atoms with Gasteiger partial charge in [0, 0.05) is 11.6 Å². The van der Waals surface area contributed by atoms with Crippen LogP contribution in [0.4, 0.5) is 8.78 Å². The summed E-state index contributed by atoms with van der Waals surface area (Å²) in [4.78, 5) is 6.97. The zero-order valence-corrected chi connectivity index (χ0v) is 9.11. The van der Waals surface area contributed by atoms with Gasteiger partial charge < -0.3 is 10.1 Å². The molecule has 0 fully saturated rings. The number of hydrogen-bond acceptors (Lipinski definition) is 2. The van der Waals surface area contributed by atoms with E-state index in [1.165, 1.54) is 6.33 Å². The first kappa shape index (κ1) is 10.7. The Labute approximate surface area is 101 Å². The van der Waals surface area contributed by atoms with Crippen molar-refractivity contribution in [3.05, 3.63) is 48.3 Å². The molecule has 0 aliphatic heterocycles. The highest BCUT2D eigenvalue weighted by molar-refractivity contribution is 5.83. The van der Waals surface area contributed by atoms with E-state index >= 15 is 0 Å². The lowest BCUT2D eigenvalue weighted by Gasteiger charge is -2.06. The molecule has 0 atom stereocenters. The van der Waals surface area contributed by atoms with Gasteiger partial charge in [0.15, 0.2) is 11.6 Å². The molecule has 90 valence electrons. The fourth-order valence-corrected chi connectivity index (χ4v) is 1.89. The number of phenols is 1. The zero-order chi connectivity index (χ0) is 12.7. The maximum absolute atomic E-state index is 13.3. The lowest BCUT2D eigenvalue weighted by molar-refractivity contribution is 0.430. The molecule has 0 bridgehead atoms. The molecule has 0 amide bonds. The summed E-state index contributed by atoms with van der Waals surface area (Å²) in [5.74, 6) is -2.28. The van der Waals surface area contributed by atoms with E-state index in [1.807, 2.05) is 0 Å². The Hall–Kier alpha value is -2.43. The largest absolute Gasteiger partial charge is 0.504 e. The van der Waals surface area contributed by atoms with Gasteiger partial charge in [-0.1, -0.05) is 6.07 Å². The Bertz CT molecular complexity index is 737. The molecule has 3 nitrogen and oxygen atoms in total. The van der Waals surface area contributed by atoms with Crippen LogP contribution in [-0.4, -0.2) is 15.1 Å². The molecule has 0 saturated carbocycles. The third-order valence-electron chi connectivity index (χ3n) is 2.76. The highest BCUT2D eigenvalue weighted by atomic mass is 19.1. The van der Waals surface area contributed by atoms with Gasteiger partial charge in [-0.3, -0.25) is 0 Å². The molecular formula is C13H8F2N2O. The number of fused-ring (bicyclic) bond motifs is 1. The minimum Gasteiger partial charge on any atom is -0.504 e. The van der Waals surface area contributed by atoms with E-state index in [0.717, 1.165) is 11.6 Å². The molecule has 0 spiro atoms. The van der Waals surface area contributed by atoms with Gasteiger partial charge in [-0.05, 0) is 23.8 Å². The molecule has 0 aliphatic carbocycles. The highest BCUT2D eigenvalue weighted by Crippen LogP contribution is 2.33. The predicted molar refractivity (Wildman–Crippen MR) is 63.1 cm³/mol. The third kappa shape index (κ3) is 1.60. The summed E-state index contributed by atoms with van der Waals surface area (Å²) >= 11 is 0. The van der Waals surface area contributed by atoms with Crippen molar-refractivity contribution in [2.24, 2.45) is 0 Å². The fraction of sp³-hybridized carbons (Fsp3) is 0. The second-order valence-electron chi connectivity index (χ2n) is 3.92.